The number of ether oxygens (including phenoxy) is 1. The van der Waals surface area contributed by atoms with E-state index in [0.29, 0.717) is 0 Å². The predicted octanol–water partition coefficient (Wildman–Crippen LogP) is 2.52. The molecule has 8 heteroatoms. The zero-order valence-electron chi connectivity index (χ0n) is 9.31. The van der Waals surface area contributed by atoms with Crippen molar-refractivity contribution in [3.8, 4) is 11.8 Å². The predicted molar refractivity (Wildman–Crippen MR) is 66.8 cm³/mol. The maximum absolute atomic E-state index is 10.6. The standard InChI is InChI=1S/C10H9Cl2N3O3/c1-10(14,4-13)5-18-9-7(11)2-6(15(16)17)3-8(9)12/h2-3H,5,14H2,1H3. The molecule has 1 aromatic carbocycles. The minimum Gasteiger partial charge on any atom is -0.487 e. The van der Waals surface area contributed by atoms with E-state index >= 15 is 0 Å². The molecule has 0 amide bonds. The molecule has 0 saturated heterocycles. The molecule has 0 heterocycles. The Labute approximate surface area is 113 Å². The summed E-state index contributed by atoms with van der Waals surface area (Å²) in [6.07, 6.45) is 0. The SMILES string of the molecule is CC(N)(C#N)COc1c(Cl)cc([N+](=O)[O-])cc1Cl. The zero-order chi connectivity index (χ0) is 13.9. The lowest BCUT2D eigenvalue weighted by Crippen LogP contribution is -2.40. The van der Waals surface area contributed by atoms with Gasteiger partial charge in [0.2, 0.25) is 0 Å². The van der Waals surface area contributed by atoms with Crippen LogP contribution in [0.15, 0.2) is 12.1 Å². The number of nitrogens with two attached hydrogens (primary N) is 1. The van der Waals surface area contributed by atoms with Crippen molar-refractivity contribution >= 4 is 28.9 Å². The van der Waals surface area contributed by atoms with E-state index < -0.39 is 10.5 Å². The highest BCUT2D eigenvalue weighted by Crippen LogP contribution is 2.36. The fourth-order valence-electron chi connectivity index (χ4n) is 1.04. The van der Waals surface area contributed by atoms with Gasteiger partial charge in [-0.15, -0.1) is 0 Å². The number of nitro benzene ring substituents is 1. The number of benzene rings is 1. The largest absolute Gasteiger partial charge is 0.487 e. The molecule has 1 atom stereocenters. The molecule has 0 aliphatic carbocycles. The number of non-ortho nitro benzene ring substituents is 1. The first-order chi connectivity index (χ1) is 8.26. The van der Waals surface area contributed by atoms with Gasteiger partial charge in [0, 0.05) is 12.1 Å². The van der Waals surface area contributed by atoms with Crippen LogP contribution < -0.4 is 10.5 Å². The van der Waals surface area contributed by atoms with Crippen LogP contribution in [0, 0.1) is 21.4 Å². The van der Waals surface area contributed by atoms with Crippen LogP contribution in [-0.4, -0.2) is 17.1 Å². The molecule has 96 valence electrons. The summed E-state index contributed by atoms with van der Waals surface area (Å²) >= 11 is 11.6. The summed E-state index contributed by atoms with van der Waals surface area (Å²) in [5.41, 5.74) is 4.12. The summed E-state index contributed by atoms with van der Waals surface area (Å²) in [7, 11) is 0. The van der Waals surface area contributed by atoms with Gasteiger partial charge < -0.3 is 10.5 Å². The van der Waals surface area contributed by atoms with Gasteiger partial charge in [-0.2, -0.15) is 5.26 Å². The summed E-state index contributed by atoms with van der Waals surface area (Å²) < 4.78 is 5.22. The smallest absolute Gasteiger partial charge is 0.272 e. The minimum atomic E-state index is -1.20. The lowest BCUT2D eigenvalue weighted by molar-refractivity contribution is -0.384. The van der Waals surface area contributed by atoms with E-state index in [4.69, 9.17) is 38.9 Å². The van der Waals surface area contributed by atoms with Crippen LogP contribution >= 0.6 is 23.2 Å². The molecule has 0 aliphatic heterocycles. The lowest BCUT2D eigenvalue weighted by Gasteiger charge is -2.17. The zero-order valence-corrected chi connectivity index (χ0v) is 10.8. The Balaban J connectivity index is 2.99. The Kier molecular flexibility index (Phi) is 4.35. The van der Waals surface area contributed by atoms with Crippen molar-refractivity contribution in [2.75, 3.05) is 6.61 Å². The second-order valence-corrected chi connectivity index (χ2v) is 4.63. The van der Waals surface area contributed by atoms with Crippen LogP contribution in [0.3, 0.4) is 0 Å². The van der Waals surface area contributed by atoms with Crippen LogP contribution in [-0.2, 0) is 0 Å². The molecule has 0 spiro atoms. The van der Waals surface area contributed by atoms with Crippen LogP contribution in [0.4, 0.5) is 5.69 Å². The third-order valence-corrected chi connectivity index (χ3v) is 2.53. The van der Waals surface area contributed by atoms with Crippen LogP contribution in [0.5, 0.6) is 5.75 Å². The lowest BCUT2D eigenvalue weighted by atomic mass is 10.1. The third-order valence-electron chi connectivity index (χ3n) is 1.97. The molecule has 2 N–H and O–H groups in total. The Morgan fingerprint density at radius 3 is 2.44 bits per heavy atom. The number of hydrogen-bond acceptors (Lipinski definition) is 5. The molecule has 1 unspecified atom stereocenters. The fourth-order valence-corrected chi connectivity index (χ4v) is 1.63. The summed E-state index contributed by atoms with van der Waals surface area (Å²) in [5.74, 6) is 0.0656. The molecule has 1 aromatic rings. The molecular formula is C10H9Cl2N3O3. The van der Waals surface area contributed by atoms with Crippen LogP contribution in [0.2, 0.25) is 10.0 Å². The number of rotatable bonds is 4. The number of hydrogen-bond donors (Lipinski definition) is 1. The average Bonchev–Trinajstić information content (AvgIpc) is 2.27. The van der Waals surface area contributed by atoms with Crippen molar-refractivity contribution in [3.05, 3.63) is 32.3 Å². The topological polar surface area (TPSA) is 102 Å². The van der Waals surface area contributed by atoms with E-state index in [0.717, 1.165) is 12.1 Å². The fraction of sp³-hybridized carbons (Fsp3) is 0.300. The van der Waals surface area contributed by atoms with Gasteiger partial charge in [0.15, 0.2) is 5.75 Å². The Morgan fingerprint density at radius 2 is 2.06 bits per heavy atom. The molecule has 6 nitrogen and oxygen atoms in total. The molecule has 0 saturated carbocycles. The summed E-state index contributed by atoms with van der Waals surface area (Å²) in [6.45, 7) is 1.33. The average molecular weight is 290 g/mol. The van der Waals surface area contributed by atoms with E-state index in [1.54, 1.807) is 0 Å². The highest BCUT2D eigenvalue weighted by Gasteiger charge is 2.21. The molecule has 0 radical (unpaired) electrons. The second kappa shape index (κ2) is 5.40. The summed E-state index contributed by atoms with van der Waals surface area (Å²) in [4.78, 5) is 9.94. The van der Waals surface area contributed by atoms with Crippen molar-refractivity contribution < 1.29 is 9.66 Å². The first-order valence-electron chi connectivity index (χ1n) is 4.73. The maximum atomic E-state index is 10.6. The Bertz CT molecular complexity index is 503. The van der Waals surface area contributed by atoms with E-state index in [9.17, 15) is 10.1 Å². The molecule has 0 fully saturated rings. The van der Waals surface area contributed by atoms with E-state index in [1.807, 2.05) is 6.07 Å². The molecule has 0 bridgehead atoms. The van der Waals surface area contributed by atoms with Gasteiger partial charge in [-0.05, 0) is 6.92 Å². The van der Waals surface area contributed by atoms with Crippen molar-refractivity contribution in [1.29, 1.82) is 5.26 Å². The van der Waals surface area contributed by atoms with E-state index in [2.05, 4.69) is 0 Å². The highest BCUT2D eigenvalue weighted by molar-refractivity contribution is 6.37. The van der Waals surface area contributed by atoms with E-state index in [-0.39, 0.29) is 28.1 Å². The van der Waals surface area contributed by atoms with Crippen LogP contribution in [0.1, 0.15) is 6.92 Å². The normalized spacial score (nSPS) is 13.5. The second-order valence-electron chi connectivity index (χ2n) is 3.81. The number of nitriles is 1. The minimum absolute atomic E-state index is 0.0112. The van der Waals surface area contributed by atoms with Gasteiger partial charge >= 0.3 is 0 Å². The number of nitrogens with zero attached hydrogens (tertiary/aromatic N) is 2. The first-order valence-corrected chi connectivity index (χ1v) is 5.49. The Hall–Kier alpha value is -1.55. The Morgan fingerprint density at radius 1 is 1.56 bits per heavy atom. The van der Waals surface area contributed by atoms with Gasteiger partial charge in [0.05, 0.1) is 21.0 Å². The van der Waals surface area contributed by atoms with Crippen molar-refractivity contribution in [2.45, 2.75) is 12.5 Å². The quantitative estimate of drug-likeness (QED) is 0.678. The molecular weight excluding hydrogens is 281 g/mol. The molecule has 1 rings (SSSR count). The van der Waals surface area contributed by atoms with Gasteiger partial charge in [-0.1, -0.05) is 23.2 Å². The highest BCUT2D eigenvalue weighted by atomic mass is 35.5. The monoisotopic (exact) mass is 289 g/mol. The molecule has 18 heavy (non-hydrogen) atoms. The van der Waals surface area contributed by atoms with Crippen molar-refractivity contribution in [3.63, 3.8) is 0 Å². The summed E-state index contributed by atoms with van der Waals surface area (Å²) in [5, 5.41) is 19.3. The molecule has 0 aromatic heterocycles. The summed E-state index contributed by atoms with van der Waals surface area (Å²) in [6, 6.07) is 4.07. The maximum Gasteiger partial charge on any atom is 0.272 e. The van der Waals surface area contributed by atoms with Gasteiger partial charge in [-0.25, -0.2) is 0 Å². The number of nitro groups is 1. The first kappa shape index (κ1) is 14.5. The number of halogens is 2. The third kappa shape index (κ3) is 3.47. The van der Waals surface area contributed by atoms with Crippen molar-refractivity contribution in [1.82, 2.24) is 0 Å². The molecule has 0 aliphatic rings. The van der Waals surface area contributed by atoms with Gasteiger partial charge in [-0.3, -0.25) is 10.1 Å². The van der Waals surface area contributed by atoms with Gasteiger partial charge in [0.25, 0.3) is 5.69 Å². The van der Waals surface area contributed by atoms with Crippen LogP contribution in [0.25, 0.3) is 0 Å². The van der Waals surface area contributed by atoms with Gasteiger partial charge in [0.1, 0.15) is 12.1 Å². The van der Waals surface area contributed by atoms with E-state index in [1.165, 1.54) is 6.92 Å². The van der Waals surface area contributed by atoms with Crippen molar-refractivity contribution in [2.24, 2.45) is 5.73 Å².